The van der Waals surface area contributed by atoms with Gasteiger partial charge in [0.05, 0.1) is 6.61 Å². The van der Waals surface area contributed by atoms with Crippen molar-refractivity contribution in [2.24, 2.45) is 0 Å². The predicted octanol–water partition coefficient (Wildman–Crippen LogP) is 4.34. The summed E-state index contributed by atoms with van der Waals surface area (Å²) < 4.78 is 5.03. The van der Waals surface area contributed by atoms with Crippen LogP contribution in [-0.2, 0) is 14.3 Å². The molecule has 0 rings (SSSR count). The van der Waals surface area contributed by atoms with E-state index in [1.807, 2.05) is 6.92 Å². The highest BCUT2D eigenvalue weighted by molar-refractivity contribution is 8.14. The number of unbranched alkanes of at least 4 members (excludes halogenated alkanes) is 5. The van der Waals surface area contributed by atoms with Crippen molar-refractivity contribution < 1.29 is 14.3 Å². The molecule has 0 aromatic heterocycles. The van der Waals surface area contributed by atoms with E-state index in [1.54, 1.807) is 6.92 Å². The van der Waals surface area contributed by atoms with Crippen LogP contribution in [-0.4, -0.2) is 22.9 Å². The number of carbonyl (C=O) groups is 2. The molecule has 19 heavy (non-hydrogen) atoms. The largest absolute Gasteiger partial charge is 0.465 e. The lowest BCUT2D eigenvalue weighted by Crippen LogP contribution is -2.22. The van der Waals surface area contributed by atoms with Crippen LogP contribution in [0.4, 0.5) is 0 Å². The Morgan fingerprint density at radius 1 is 1.00 bits per heavy atom. The Bertz CT molecular complexity index is 254. The van der Waals surface area contributed by atoms with Crippen LogP contribution in [0.2, 0.25) is 0 Å². The summed E-state index contributed by atoms with van der Waals surface area (Å²) in [5, 5.41) is -0.234. The number of esters is 1. The smallest absolute Gasteiger partial charge is 0.319 e. The van der Waals surface area contributed by atoms with Gasteiger partial charge in [0, 0.05) is 6.42 Å². The van der Waals surface area contributed by atoms with Gasteiger partial charge in [-0.15, -0.1) is 0 Å². The number of hydrogen-bond acceptors (Lipinski definition) is 4. The Kier molecular flexibility index (Phi) is 12.2. The normalized spacial score (nSPS) is 12.2. The van der Waals surface area contributed by atoms with Gasteiger partial charge in [0.25, 0.3) is 0 Å². The highest BCUT2D eigenvalue weighted by Crippen LogP contribution is 2.22. The molecule has 1 unspecified atom stereocenters. The first kappa shape index (κ1) is 18.5. The Labute approximate surface area is 121 Å². The average Bonchev–Trinajstić information content (AvgIpc) is 2.41. The van der Waals surface area contributed by atoms with Gasteiger partial charge in [0.15, 0.2) is 5.12 Å². The molecule has 3 nitrogen and oxygen atoms in total. The summed E-state index contributed by atoms with van der Waals surface area (Å²) in [6.07, 6.45) is 8.36. The minimum Gasteiger partial charge on any atom is -0.465 e. The molecule has 0 aliphatic heterocycles. The first-order chi connectivity index (χ1) is 9.15. The van der Waals surface area contributed by atoms with Crippen LogP contribution < -0.4 is 0 Å². The maximum absolute atomic E-state index is 11.8. The number of rotatable bonds is 11. The SMILES string of the molecule is CCCCCCCCC(SC(=O)CC)C(=O)OCC. The molecule has 0 bridgehead atoms. The quantitative estimate of drug-likeness (QED) is 0.419. The topological polar surface area (TPSA) is 43.4 Å². The molecule has 0 N–H and O–H groups in total. The summed E-state index contributed by atoms with van der Waals surface area (Å²) in [5.74, 6) is -0.233. The van der Waals surface area contributed by atoms with Gasteiger partial charge in [0.2, 0.25) is 0 Å². The van der Waals surface area contributed by atoms with E-state index >= 15 is 0 Å². The van der Waals surface area contributed by atoms with Gasteiger partial charge in [-0.25, -0.2) is 0 Å². The molecule has 0 heterocycles. The van der Waals surface area contributed by atoms with Crippen molar-refractivity contribution in [1.29, 1.82) is 0 Å². The summed E-state index contributed by atoms with van der Waals surface area (Å²) in [7, 11) is 0. The molecule has 0 aromatic carbocycles. The van der Waals surface area contributed by atoms with E-state index in [9.17, 15) is 9.59 Å². The highest BCUT2D eigenvalue weighted by Gasteiger charge is 2.22. The fourth-order valence-corrected chi connectivity index (χ4v) is 2.74. The average molecular weight is 288 g/mol. The van der Waals surface area contributed by atoms with Crippen LogP contribution >= 0.6 is 11.8 Å². The van der Waals surface area contributed by atoms with E-state index < -0.39 is 0 Å². The minimum absolute atomic E-state index is 0.0732. The van der Waals surface area contributed by atoms with Gasteiger partial charge in [-0.2, -0.15) is 0 Å². The molecule has 0 fully saturated rings. The summed E-state index contributed by atoms with van der Waals surface area (Å²) in [5.41, 5.74) is 0. The molecule has 0 aliphatic rings. The molecule has 112 valence electrons. The molecule has 4 heteroatoms. The molecule has 0 radical (unpaired) electrons. The zero-order chi connectivity index (χ0) is 14.5. The molecule has 0 saturated carbocycles. The molecular formula is C15H28O3S. The van der Waals surface area contributed by atoms with Crippen molar-refractivity contribution in [3.63, 3.8) is 0 Å². The standard InChI is InChI=1S/C15H28O3S/c1-4-7-8-9-10-11-12-13(15(17)18-6-3)19-14(16)5-2/h13H,4-12H2,1-3H3. The van der Waals surface area contributed by atoms with Crippen molar-refractivity contribution in [3.8, 4) is 0 Å². The molecule has 0 aromatic rings. The third-order valence-corrected chi connectivity index (χ3v) is 4.20. The molecule has 0 spiro atoms. The maximum Gasteiger partial charge on any atom is 0.319 e. The third-order valence-electron chi connectivity index (χ3n) is 2.93. The monoisotopic (exact) mass is 288 g/mol. The minimum atomic E-state index is -0.307. The van der Waals surface area contributed by atoms with Crippen molar-refractivity contribution in [3.05, 3.63) is 0 Å². The fourth-order valence-electron chi connectivity index (χ4n) is 1.81. The summed E-state index contributed by atoms with van der Waals surface area (Å²) >= 11 is 1.15. The van der Waals surface area contributed by atoms with E-state index in [0.717, 1.165) is 31.0 Å². The van der Waals surface area contributed by atoms with E-state index in [-0.39, 0.29) is 16.3 Å². The van der Waals surface area contributed by atoms with E-state index in [2.05, 4.69) is 6.92 Å². The van der Waals surface area contributed by atoms with Gasteiger partial charge in [-0.3, -0.25) is 9.59 Å². The molecule has 0 aliphatic carbocycles. The summed E-state index contributed by atoms with van der Waals surface area (Å²) in [6.45, 7) is 6.20. The van der Waals surface area contributed by atoms with Crippen LogP contribution in [0, 0.1) is 0 Å². The predicted molar refractivity (Wildman–Crippen MR) is 81.3 cm³/mol. The lowest BCUT2D eigenvalue weighted by atomic mass is 10.1. The molecule has 1 atom stereocenters. The molecular weight excluding hydrogens is 260 g/mol. The van der Waals surface area contributed by atoms with Crippen LogP contribution in [0.15, 0.2) is 0 Å². The number of thioether (sulfide) groups is 1. The first-order valence-corrected chi connectivity index (χ1v) is 8.39. The Morgan fingerprint density at radius 2 is 1.63 bits per heavy atom. The lowest BCUT2D eigenvalue weighted by Gasteiger charge is -2.13. The van der Waals surface area contributed by atoms with Crippen molar-refractivity contribution >= 4 is 22.8 Å². The highest BCUT2D eigenvalue weighted by atomic mass is 32.2. The van der Waals surface area contributed by atoms with Crippen LogP contribution in [0.1, 0.15) is 72.1 Å². The van der Waals surface area contributed by atoms with E-state index in [4.69, 9.17) is 4.74 Å². The van der Waals surface area contributed by atoms with Crippen molar-refractivity contribution in [2.75, 3.05) is 6.61 Å². The summed E-state index contributed by atoms with van der Waals surface area (Å²) in [6, 6.07) is 0. The lowest BCUT2D eigenvalue weighted by molar-refractivity contribution is -0.142. The van der Waals surface area contributed by atoms with Crippen LogP contribution in [0.3, 0.4) is 0 Å². The van der Waals surface area contributed by atoms with Gasteiger partial charge in [0.1, 0.15) is 5.25 Å². The summed E-state index contributed by atoms with van der Waals surface area (Å²) in [4.78, 5) is 23.2. The number of hydrogen-bond donors (Lipinski definition) is 0. The number of ether oxygens (including phenoxy) is 1. The third kappa shape index (κ3) is 10.00. The van der Waals surface area contributed by atoms with E-state index in [1.165, 1.54) is 25.7 Å². The zero-order valence-corrected chi connectivity index (χ0v) is 13.4. The fraction of sp³-hybridized carbons (Fsp3) is 0.867. The maximum atomic E-state index is 11.8. The Hall–Kier alpha value is -0.510. The zero-order valence-electron chi connectivity index (χ0n) is 12.6. The second-order valence-electron chi connectivity index (χ2n) is 4.64. The number of carbonyl (C=O) groups excluding carboxylic acids is 2. The molecule has 0 saturated heterocycles. The van der Waals surface area contributed by atoms with Gasteiger partial charge < -0.3 is 4.74 Å². The van der Waals surface area contributed by atoms with Gasteiger partial charge in [-0.05, 0) is 13.3 Å². The van der Waals surface area contributed by atoms with E-state index in [0.29, 0.717) is 13.0 Å². The van der Waals surface area contributed by atoms with Crippen LogP contribution in [0.25, 0.3) is 0 Å². The van der Waals surface area contributed by atoms with Gasteiger partial charge >= 0.3 is 5.97 Å². The Balaban J connectivity index is 3.97. The van der Waals surface area contributed by atoms with Crippen molar-refractivity contribution in [2.45, 2.75) is 77.4 Å². The first-order valence-electron chi connectivity index (χ1n) is 7.51. The Morgan fingerprint density at radius 3 is 2.21 bits per heavy atom. The molecule has 0 amide bonds. The van der Waals surface area contributed by atoms with Crippen molar-refractivity contribution in [1.82, 2.24) is 0 Å². The van der Waals surface area contributed by atoms with Crippen LogP contribution in [0.5, 0.6) is 0 Å². The second-order valence-corrected chi connectivity index (χ2v) is 5.90. The second kappa shape index (κ2) is 12.5. The van der Waals surface area contributed by atoms with Gasteiger partial charge in [-0.1, -0.05) is 64.1 Å².